The minimum absolute atomic E-state index is 0.0649. The third kappa shape index (κ3) is 5.35. The van der Waals surface area contributed by atoms with E-state index in [9.17, 15) is 9.59 Å². The third-order valence-electron chi connectivity index (χ3n) is 4.88. The van der Waals surface area contributed by atoms with E-state index in [1.807, 2.05) is 76.2 Å². The standard InChI is InChI=1S/C24H27N3O3/c1-15(2)22(27-21(28)13-18-9-6-5-7-10-18)23(29)26-20-12-8-11-19(14-20)24-25-16(3)17(4)30-24/h5-12,14-15,22H,13H2,1-4H3,(H,26,29)(H,27,28). The molecule has 0 saturated carbocycles. The van der Waals surface area contributed by atoms with Gasteiger partial charge in [-0.25, -0.2) is 4.98 Å². The Morgan fingerprint density at radius 3 is 2.40 bits per heavy atom. The molecule has 0 radical (unpaired) electrons. The average Bonchev–Trinajstić information content (AvgIpc) is 3.05. The summed E-state index contributed by atoms with van der Waals surface area (Å²) in [4.78, 5) is 29.7. The first-order valence-electron chi connectivity index (χ1n) is 10.0. The lowest BCUT2D eigenvalue weighted by Crippen LogP contribution is -2.47. The number of aromatic nitrogens is 1. The van der Waals surface area contributed by atoms with Crippen molar-refractivity contribution in [2.45, 2.75) is 40.2 Å². The number of carbonyl (C=O) groups excluding carboxylic acids is 2. The van der Waals surface area contributed by atoms with E-state index in [1.165, 1.54) is 0 Å². The van der Waals surface area contributed by atoms with Gasteiger partial charge in [0.05, 0.1) is 12.1 Å². The quantitative estimate of drug-likeness (QED) is 0.614. The lowest BCUT2D eigenvalue weighted by molar-refractivity contribution is -0.127. The smallest absolute Gasteiger partial charge is 0.247 e. The Morgan fingerprint density at radius 1 is 1.03 bits per heavy atom. The minimum Gasteiger partial charge on any atom is -0.441 e. The van der Waals surface area contributed by atoms with E-state index in [2.05, 4.69) is 15.6 Å². The van der Waals surface area contributed by atoms with Crippen LogP contribution in [0.25, 0.3) is 11.5 Å². The molecular formula is C24H27N3O3. The molecule has 6 nitrogen and oxygen atoms in total. The van der Waals surface area contributed by atoms with Crippen LogP contribution in [-0.4, -0.2) is 22.8 Å². The van der Waals surface area contributed by atoms with Gasteiger partial charge in [-0.3, -0.25) is 9.59 Å². The first-order chi connectivity index (χ1) is 14.3. The number of anilines is 1. The monoisotopic (exact) mass is 405 g/mol. The highest BCUT2D eigenvalue weighted by atomic mass is 16.4. The molecule has 2 aromatic carbocycles. The van der Waals surface area contributed by atoms with Crippen molar-refractivity contribution in [3.63, 3.8) is 0 Å². The molecule has 0 fully saturated rings. The van der Waals surface area contributed by atoms with Gasteiger partial charge in [0.2, 0.25) is 17.7 Å². The molecule has 1 unspecified atom stereocenters. The highest BCUT2D eigenvalue weighted by Gasteiger charge is 2.24. The Kier molecular flexibility index (Phi) is 6.67. The lowest BCUT2D eigenvalue weighted by atomic mass is 10.0. The van der Waals surface area contributed by atoms with Crippen LogP contribution in [0.4, 0.5) is 5.69 Å². The van der Waals surface area contributed by atoms with Gasteiger partial charge in [-0.05, 0) is 43.5 Å². The zero-order valence-electron chi connectivity index (χ0n) is 17.7. The molecule has 3 rings (SSSR count). The summed E-state index contributed by atoms with van der Waals surface area (Å²) < 4.78 is 5.67. The summed E-state index contributed by atoms with van der Waals surface area (Å²) >= 11 is 0. The van der Waals surface area contributed by atoms with E-state index in [1.54, 1.807) is 6.07 Å². The second kappa shape index (κ2) is 9.39. The van der Waals surface area contributed by atoms with E-state index < -0.39 is 6.04 Å². The number of hydrogen-bond acceptors (Lipinski definition) is 4. The fraction of sp³-hybridized carbons (Fsp3) is 0.292. The molecule has 6 heteroatoms. The second-order valence-electron chi connectivity index (χ2n) is 7.68. The Balaban J connectivity index is 1.69. The highest BCUT2D eigenvalue weighted by molar-refractivity contribution is 5.98. The topological polar surface area (TPSA) is 84.2 Å². The van der Waals surface area contributed by atoms with Crippen molar-refractivity contribution >= 4 is 17.5 Å². The molecule has 0 spiro atoms. The number of hydrogen-bond donors (Lipinski definition) is 2. The summed E-state index contributed by atoms with van der Waals surface area (Å²) in [5.74, 6) is 0.765. The number of aryl methyl sites for hydroxylation is 2. The molecule has 1 aromatic heterocycles. The summed E-state index contributed by atoms with van der Waals surface area (Å²) in [6.45, 7) is 7.56. The fourth-order valence-electron chi connectivity index (χ4n) is 3.09. The van der Waals surface area contributed by atoms with Crippen LogP contribution in [0.5, 0.6) is 0 Å². The van der Waals surface area contributed by atoms with Gasteiger partial charge in [-0.2, -0.15) is 0 Å². The lowest BCUT2D eigenvalue weighted by Gasteiger charge is -2.22. The van der Waals surface area contributed by atoms with Gasteiger partial charge < -0.3 is 15.1 Å². The number of oxazole rings is 1. The van der Waals surface area contributed by atoms with Gasteiger partial charge in [0.25, 0.3) is 0 Å². The van der Waals surface area contributed by atoms with Crippen LogP contribution < -0.4 is 10.6 Å². The van der Waals surface area contributed by atoms with Gasteiger partial charge in [0, 0.05) is 11.3 Å². The number of rotatable bonds is 7. The second-order valence-corrected chi connectivity index (χ2v) is 7.68. The molecule has 0 aliphatic heterocycles. The van der Waals surface area contributed by atoms with Crippen molar-refractivity contribution in [3.8, 4) is 11.5 Å². The summed E-state index contributed by atoms with van der Waals surface area (Å²) in [7, 11) is 0. The van der Waals surface area contributed by atoms with Crippen molar-refractivity contribution < 1.29 is 14.0 Å². The predicted octanol–water partition coefficient (Wildman–Crippen LogP) is 4.28. The number of amides is 2. The number of nitrogens with one attached hydrogen (secondary N) is 2. The first-order valence-corrected chi connectivity index (χ1v) is 10.0. The Bertz CT molecular complexity index is 1010. The number of nitrogens with zero attached hydrogens (tertiary/aromatic N) is 1. The molecule has 1 heterocycles. The maximum absolute atomic E-state index is 12.9. The van der Waals surface area contributed by atoms with Crippen molar-refractivity contribution in [2.24, 2.45) is 5.92 Å². The molecule has 0 bridgehead atoms. The SMILES string of the molecule is Cc1nc(-c2cccc(NC(=O)C(NC(=O)Cc3ccccc3)C(C)C)c2)oc1C. The Hall–Kier alpha value is -3.41. The van der Waals surface area contributed by atoms with Crippen LogP contribution in [0.1, 0.15) is 30.9 Å². The van der Waals surface area contributed by atoms with E-state index in [0.29, 0.717) is 11.6 Å². The summed E-state index contributed by atoms with van der Waals surface area (Å²) in [6, 6.07) is 16.1. The Labute approximate surface area is 176 Å². The van der Waals surface area contributed by atoms with E-state index in [-0.39, 0.29) is 24.2 Å². The van der Waals surface area contributed by atoms with Crippen LogP contribution in [0, 0.1) is 19.8 Å². The van der Waals surface area contributed by atoms with E-state index in [0.717, 1.165) is 22.6 Å². The van der Waals surface area contributed by atoms with Crippen molar-refractivity contribution in [2.75, 3.05) is 5.32 Å². The first kappa shape index (κ1) is 21.3. The summed E-state index contributed by atoms with van der Waals surface area (Å²) in [5.41, 5.74) is 3.13. The van der Waals surface area contributed by atoms with Gasteiger partial charge in [0.15, 0.2) is 0 Å². The summed E-state index contributed by atoms with van der Waals surface area (Å²) in [6.07, 6.45) is 0.232. The van der Waals surface area contributed by atoms with Crippen molar-refractivity contribution in [1.29, 1.82) is 0 Å². The largest absolute Gasteiger partial charge is 0.441 e. The molecular weight excluding hydrogens is 378 g/mol. The number of benzene rings is 2. The van der Waals surface area contributed by atoms with E-state index >= 15 is 0 Å². The maximum Gasteiger partial charge on any atom is 0.247 e. The fourth-order valence-corrected chi connectivity index (χ4v) is 3.09. The number of carbonyl (C=O) groups is 2. The van der Waals surface area contributed by atoms with Crippen molar-refractivity contribution in [3.05, 3.63) is 71.6 Å². The van der Waals surface area contributed by atoms with Crippen LogP contribution >= 0.6 is 0 Å². The van der Waals surface area contributed by atoms with Gasteiger partial charge in [0.1, 0.15) is 11.8 Å². The van der Waals surface area contributed by atoms with E-state index in [4.69, 9.17) is 4.42 Å². The van der Waals surface area contributed by atoms with Crippen LogP contribution in [0.2, 0.25) is 0 Å². The van der Waals surface area contributed by atoms with Crippen LogP contribution in [0.3, 0.4) is 0 Å². The molecule has 2 N–H and O–H groups in total. The molecule has 0 aliphatic carbocycles. The minimum atomic E-state index is -0.643. The third-order valence-corrected chi connectivity index (χ3v) is 4.88. The van der Waals surface area contributed by atoms with Crippen molar-refractivity contribution in [1.82, 2.24) is 10.3 Å². The highest BCUT2D eigenvalue weighted by Crippen LogP contribution is 2.24. The molecule has 1 atom stereocenters. The molecule has 30 heavy (non-hydrogen) atoms. The zero-order valence-corrected chi connectivity index (χ0v) is 17.7. The maximum atomic E-state index is 12.9. The summed E-state index contributed by atoms with van der Waals surface area (Å²) in [5, 5.41) is 5.76. The molecule has 3 aromatic rings. The van der Waals surface area contributed by atoms with Crippen LogP contribution in [0.15, 0.2) is 59.0 Å². The van der Waals surface area contributed by atoms with Gasteiger partial charge >= 0.3 is 0 Å². The normalized spacial score (nSPS) is 11.9. The molecule has 0 aliphatic rings. The molecule has 0 saturated heterocycles. The van der Waals surface area contributed by atoms with Gasteiger partial charge in [-0.15, -0.1) is 0 Å². The predicted molar refractivity (Wildman–Crippen MR) is 117 cm³/mol. The van der Waals surface area contributed by atoms with Crippen LogP contribution in [-0.2, 0) is 16.0 Å². The molecule has 2 amide bonds. The average molecular weight is 405 g/mol. The Morgan fingerprint density at radius 2 is 1.77 bits per heavy atom. The zero-order chi connectivity index (χ0) is 21.7. The molecule has 156 valence electrons. The van der Waals surface area contributed by atoms with Gasteiger partial charge in [-0.1, -0.05) is 50.2 Å².